The molecule has 29 heavy (non-hydrogen) atoms. The van der Waals surface area contributed by atoms with Crippen LogP contribution in [0.1, 0.15) is 55.3 Å². The first kappa shape index (κ1) is 21.1. The van der Waals surface area contributed by atoms with Gasteiger partial charge in [-0.2, -0.15) is 0 Å². The zero-order chi connectivity index (χ0) is 20.8. The molecule has 2 aliphatic rings. The lowest BCUT2D eigenvalue weighted by molar-refractivity contribution is -0.139. The van der Waals surface area contributed by atoms with Crippen molar-refractivity contribution >= 4 is 17.7 Å². The van der Waals surface area contributed by atoms with Gasteiger partial charge in [-0.15, -0.1) is 0 Å². The molecule has 3 rings (SSSR count). The van der Waals surface area contributed by atoms with Crippen LogP contribution in [0.15, 0.2) is 23.1 Å². The lowest BCUT2D eigenvalue weighted by Gasteiger charge is -2.32. The third-order valence-corrected chi connectivity index (χ3v) is 5.95. The van der Waals surface area contributed by atoms with Crippen molar-refractivity contribution in [1.29, 1.82) is 0 Å². The summed E-state index contributed by atoms with van der Waals surface area (Å²) in [5.74, 6) is -1.17. The van der Waals surface area contributed by atoms with E-state index in [4.69, 9.17) is 0 Å². The standard InChI is InChI=1S/C21H30N4O4/c1-24-11-5-8-17(20(24)28)21(29)25-12-9-15(10-13-25)14-22-18(26)19(27)23-16-6-3-2-4-7-16/h5,8,11,15-16H,2-4,6-7,9-10,12-14H2,1H3,(H,22,26)(H,23,27). The number of aryl methyl sites for hydroxylation is 1. The molecule has 0 aromatic carbocycles. The average Bonchev–Trinajstić information content (AvgIpc) is 2.74. The van der Waals surface area contributed by atoms with Gasteiger partial charge in [0.2, 0.25) is 0 Å². The molecule has 1 aliphatic carbocycles. The third-order valence-electron chi connectivity index (χ3n) is 5.95. The minimum Gasteiger partial charge on any atom is -0.348 e. The van der Waals surface area contributed by atoms with Crippen LogP contribution in [0.3, 0.4) is 0 Å². The van der Waals surface area contributed by atoms with Gasteiger partial charge in [0.15, 0.2) is 0 Å². The minimum atomic E-state index is -0.582. The van der Waals surface area contributed by atoms with E-state index in [-0.39, 0.29) is 29.0 Å². The van der Waals surface area contributed by atoms with Crippen molar-refractivity contribution in [3.8, 4) is 0 Å². The molecule has 2 heterocycles. The summed E-state index contributed by atoms with van der Waals surface area (Å²) >= 11 is 0. The highest BCUT2D eigenvalue weighted by Gasteiger charge is 2.26. The van der Waals surface area contributed by atoms with Crippen molar-refractivity contribution in [2.45, 2.75) is 51.0 Å². The summed E-state index contributed by atoms with van der Waals surface area (Å²) in [4.78, 5) is 50.5. The molecule has 1 saturated carbocycles. The molecule has 1 aliphatic heterocycles. The Kier molecular flexibility index (Phi) is 7.06. The van der Waals surface area contributed by atoms with Crippen molar-refractivity contribution in [2.75, 3.05) is 19.6 Å². The van der Waals surface area contributed by atoms with E-state index in [0.29, 0.717) is 19.6 Å². The van der Waals surface area contributed by atoms with Crippen LogP contribution in [0.4, 0.5) is 0 Å². The summed E-state index contributed by atoms with van der Waals surface area (Å²) in [5.41, 5.74) is -0.114. The summed E-state index contributed by atoms with van der Waals surface area (Å²) in [5, 5.41) is 5.55. The van der Waals surface area contributed by atoms with Crippen LogP contribution in [0, 0.1) is 5.92 Å². The Hall–Kier alpha value is -2.64. The van der Waals surface area contributed by atoms with Gasteiger partial charge in [-0.3, -0.25) is 19.2 Å². The van der Waals surface area contributed by atoms with Crippen molar-refractivity contribution in [3.63, 3.8) is 0 Å². The maximum atomic E-state index is 12.6. The highest BCUT2D eigenvalue weighted by Crippen LogP contribution is 2.18. The van der Waals surface area contributed by atoms with E-state index in [2.05, 4.69) is 10.6 Å². The predicted molar refractivity (Wildman–Crippen MR) is 108 cm³/mol. The molecule has 2 N–H and O–H groups in total. The average molecular weight is 402 g/mol. The van der Waals surface area contributed by atoms with Gasteiger partial charge in [-0.1, -0.05) is 19.3 Å². The Morgan fingerprint density at radius 3 is 2.41 bits per heavy atom. The monoisotopic (exact) mass is 402 g/mol. The number of aromatic nitrogens is 1. The Morgan fingerprint density at radius 2 is 1.72 bits per heavy atom. The number of pyridine rings is 1. The molecule has 0 unspecified atom stereocenters. The second kappa shape index (κ2) is 9.71. The number of carbonyl (C=O) groups is 3. The Balaban J connectivity index is 1.42. The van der Waals surface area contributed by atoms with Crippen LogP contribution in [0.25, 0.3) is 0 Å². The van der Waals surface area contributed by atoms with Crippen molar-refractivity contribution in [2.24, 2.45) is 13.0 Å². The molecular weight excluding hydrogens is 372 g/mol. The van der Waals surface area contributed by atoms with Gasteiger partial charge in [-0.25, -0.2) is 0 Å². The normalized spacial score (nSPS) is 18.3. The van der Waals surface area contributed by atoms with Gasteiger partial charge in [-0.05, 0) is 43.7 Å². The fourth-order valence-corrected chi connectivity index (χ4v) is 4.09. The molecule has 0 spiro atoms. The minimum absolute atomic E-state index is 0.113. The summed E-state index contributed by atoms with van der Waals surface area (Å²) in [6.45, 7) is 1.49. The smallest absolute Gasteiger partial charge is 0.309 e. The lowest BCUT2D eigenvalue weighted by Crippen LogP contribution is -2.47. The third kappa shape index (κ3) is 5.46. The second-order valence-electron chi connectivity index (χ2n) is 8.09. The second-order valence-corrected chi connectivity index (χ2v) is 8.09. The van der Waals surface area contributed by atoms with Crippen molar-refractivity contribution < 1.29 is 14.4 Å². The Bertz CT molecular complexity index is 805. The summed E-state index contributed by atoms with van der Waals surface area (Å²) < 4.78 is 1.40. The summed E-state index contributed by atoms with van der Waals surface area (Å²) in [6.07, 6.45) is 8.34. The number of nitrogens with one attached hydrogen (secondary N) is 2. The zero-order valence-electron chi connectivity index (χ0n) is 17.0. The molecule has 1 aromatic heterocycles. The van der Waals surface area contributed by atoms with Gasteiger partial charge in [0, 0.05) is 38.9 Å². The first-order valence-electron chi connectivity index (χ1n) is 10.5. The highest BCUT2D eigenvalue weighted by molar-refractivity contribution is 6.35. The first-order valence-corrected chi connectivity index (χ1v) is 10.5. The lowest BCUT2D eigenvalue weighted by atomic mass is 9.95. The summed E-state index contributed by atoms with van der Waals surface area (Å²) in [7, 11) is 1.62. The number of rotatable bonds is 4. The van der Waals surface area contributed by atoms with Gasteiger partial charge in [0.1, 0.15) is 5.56 Å². The molecule has 0 atom stereocenters. The van der Waals surface area contributed by atoms with Gasteiger partial charge >= 0.3 is 11.8 Å². The predicted octanol–water partition coefficient (Wildman–Crippen LogP) is 0.803. The molecule has 8 heteroatoms. The van der Waals surface area contributed by atoms with E-state index in [9.17, 15) is 19.2 Å². The Morgan fingerprint density at radius 1 is 1.03 bits per heavy atom. The number of hydrogen-bond donors (Lipinski definition) is 2. The fraction of sp³-hybridized carbons (Fsp3) is 0.619. The largest absolute Gasteiger partial charge is 0.348 e. The maximum absolute atomic E-state index is 12.6. The van der Waals surface area contributed by atoms with E-state index < -0.39 is 11.8 Å². The van der Waals surface area contributed by atoms with Gasteiger partial charge in [0.25, 0.3) is 11.5 Å². The van der Waals surface area contributed by atoms with Crippen molar-refractivity contribution in [1.82, 2.24) is 20.1 Å². The highest BCUT2D eigenvalue weighted by atomic mass is 16.2. The van der Waals surface area contributed by atoms with Crippen LogP contribution in [0.2, 0.25) is 0 Å². The van der Waals surface area contributed by atoms with E-state index in [1.54, 1.807) is 30.3 Å². The van der Waals surface area contributed by atoms with Crippen LogP contribution in [-0.4, -0.2) is 52.9 Å². The summed E-state index contributed by atoms with van der Waals surface area (Å²) in [6, 6.07) is 3.36. The molecule has 1 saturated heterocycles. The van der Waals surface area contributed by atoms with Gasteiger partial charge in [0.05, 0.1) is 0 Å². The molecule has 1 aromatic rings. The van der Waals surface area contributed by atoms with Crippen LogP contribution >= 0.6 is 0 Å². The van der Waals surface area contributed by atoms with E-state index >= 15 is 0 Å². The number of nitrogens with zero attached hydrogens (tertiary/aromatic N) is 2. The molecule has 0 bridgehead atoms. The van der Waals surface area contributed by atoms with Gasteiger partial charge < -0.3 is 20.1 Å². The number of carbonyl (C=O) groups excluding carboxylic acids is 3. The molecule has 2 fully saturated rings. The quantitative estimate of drug-likeness (QED) is 0.728. The molecule has 8 nitrogen and oxygen atoms in total. The van der Waals surface area contributed by atoms with Crippen LogP contribution in [0.5, 0.6) is 0 Å². The topological polar surface area (TPSA) is 101 Å². The number of piperidine rings is 1. The number of hydrogen-bond acceptors (Lipinski definition) is 4. The van der Waals surface area contributed by atoms with Crippen molar-refractivity contribution in [3.05, 3.63) is 34.2 Å². The SMILES string of the molecule is Cn1cccc(C(=O)N2CCC(CNC(=O)C(=O)NC3CCCCC3)CC2)c1=O. The van der Waals surface area contributed by atoms with Crippen LogP contribution < -0.4 is 16.2 Å². The Labute approximate surface area is 170 Å². The maximum Gasteiger partial charge on any atom is 0.309 e. The number of amides is 3. The zero-order valence-corrected chi connectivity index (χ0v) is 17.0. The fourth-order valence-electron chi connectivity index (χ4n) is 4.09. The molecule has 3 amide bonds. The molecule has 0 radical (unpaired) electrons. The molecular formula is C21H30N4O4. The van der Waals surface area contributed by atoms with E-state index in [0.717, 1.165) is 38.5 Å². The van der Waals surface area contributed by atoms with E-state index in [1.807, 2.05) is 0 Å². The first-order chi connectivity index (χ1) is 14.0. The molecule has 158 valence electrons. The van der Waals surface area contributed by atoms with E-state index in [1.165, 1.54) is 11.0 Å². The van der Waals surface area contributed by atoms with Crippen LogP contribution in [-0.2, 0) is 16.6 Å². The number of likely N-dealkylation sites (tertiary alicyclic amines) is 1.